The highest BCUT2D eigenvalue weighted by atomic mass is 16.4. The van der Waals surface area contributed by atoms with Crippen LogP contribution in [0.25, 0.3) is 6.08 Å². The Morgan fingerprint density at radius 3 is 2.81 bits per heavy atom. The van der Waals surface area contributed by atoms with Crippen molar-refractivity contribution in [2.24, 2.45) is 0 Å². The third kappa shape index (κ3) is 4.61. The minimum atomic E-state index is -0.937. The first-order valence-electron chi connectivity index (χ1n) is 6.76. The Kier molecular flexibility index (Phi) is 4.95. The minimum absolute atomic E-state index is 0.791. The van der Waals surface area contributed by atoms with Gasteiger partial charge in [-0.2, -0.15) is 0 Å². The molecule has 1 aromatic heterocycles. The predicted molar refractivity (Wildman–Crippen MR) is 81.7 cm³/mol. The summed E-state index contributed by atoms with van der Waals surface area (Å²) in [6.07, 6.45) is 4.46. The zero-order valence-electron chi connectivity index (χ0n) is 12.2. The normalized spacial score (nSPS) is 11.4. The van der Waals surface area contributed by atoms with Crippen LogP contribution in [0.5, 0.6) is 0 Å². The molecule has 0 saturated heterocycles. The first-order valence-corrected chi connectivity index (χ1v) is 6.76. The van der Waals surface area contributed by atoms with Crippen LogP contribution in [0.4, 0.5) is 0 Å². The SMILES string of the molecule is Cc1occc1CN(C)Cc1cccc(C=CC(=O)O)c1. The van der Waals surface area contributed by atoms with Gasteiger partial charge >= 0.3 is 5.97 Å². The molecule has 0 saturated carbocycles. The van der Waals surface area contributed by atoms with Crippen molar-refractivity contribution in [3.05, 3.63) is 65.1 Å². The molecule has 1 heterocycles. The second-order valence-corrected chi connectivity index (χ2v) is 5.09. The quantitative estimate of drug-likeness (QED) is 0.827. The highest BCUT2D eigenvalue weighted by Crippen LogP contribution is 2.14. The van der Waals surface area contributed by atoms with Gasteiger partial charge in [-0.05, 0) is 37.2 Å². The first kappa shape index (κ1) is 15.1. The van der Waals surface area contributed by atoms with Gasteiger partial charge in [-0.3, -0.25) is 4.90 Å². The Bertz CT molecular complexity index is 643. The largest absolute Gasteiger partial charge is 0.478 e. The Balaban J connectivity index is 2.00. The lowest BCUT2D eigenvalue weighted by molar-refractivity contribution is -0.131. The maximum Gasteiger partial charge on any atom is 0.328 e. The van der Waals surface area contributed by atoms with Crippen molar-refractivity contribution >= 4 is 12.0 Å². The highest BCUT2D eigenvalue weighted by molar-refractivity contribution is 5.85. The van der Waals surface area contributed by atoms with Crippen LogP contribution in [0, 0.1) is 6.92 Å². The standard InChI is InChI=1S/C17H19NO3/c1-13-16(8-9-21-13)12-18(2)11-15-5-3-4-14(10-15)6-7-17(19)20/h3-10H,11-12H2,1-2H3,(H,19,20). The number of benzene rings is 1. The Hall–Kier alpha value is -2.33. The Morgan fingerprint density at radius 2 is 2.14 bits per heavy atom. The van der Waals surface area contributed by atoms with Gasteiger partial charge < -0.3 is 9.52 Å². The molecule has 0 amide bonds. The summed E-state index contributed by atoms with van der Waals surface area (Å²) in [5.41, 5.74) is 3.22. The minimum Gasteiger partial charge on any atom is -0.478 e. The number of hydrogen-bond acceptors (Lipinski definition) is 3. The van der Waals surface area contributed by atoms with Crippen molar-refractivity contribution in [1.29, 1.82) is 0 Å². The lowest BCUT2D eigenvalue weighted by atomic mass is 10.1. The topological polar surface area (TPSA) is 53.7 Å². The van der Waals surface area contributed by atoms with Gasteiger partial charge in [-0.25, -0.2) is 4.79 Å². The number of nitrogens with zero attached hydrogens (tertiary/aromatic N) is 1. The summed E-state index contributed by atoms with van der Waals surface area (Å²) in [7, 11) is 2.05. The molecule has 0 bridgehead atoms. The van der Waals surface area contributed by atoms with Gasteiger partial charge in [0.25, 0.3) is 0 Å². The first-order chi connectivity index (χ1) is 10.0. The van der Waals surface area contributed by atoms with E-state index in [4.69, 9.17) is 9.52 Å². The monoisotopic (exact) mass is 285 g/mol. The average Bonchev–Trinajstić information content (AvgIpc) is 2.82. The molecule has 4 nitrogen and oxygen atoms in total. The summed E-state index contributed by atoms with van der Waals surface area (Å²) in [5, 5.41) is 8.66. The van der Waals surface area contributed by atoms with E-state index in [0.717, 1.165) is 36.1 Å². The van der Waals surface area contributed by atoms with E-state index >= 15 is 0 Å². The molecule has 0 spiro atoms. The maximum atomic E-state index is 10.5. The summed E-state index contributed by atoms with van der Waals surface area (Å²) < 4.78 is 5.30. The van der Waals surface area contributed by atoms with Crippen LogP contribution in [-0.4, -0.2) is 23.0 Å². The van der Waals surface area contributed by atoms with Gasteiger partial charge in [0.2, 0.25) is 0 Å². The number of carboxylic acids is 1. The lowest BCUT2D eigenvalue weighted by Gasteiger charge is -2.16. The van der Waals surface area contributed by atoms with Crippen molar-refractivity contribution in [3.63, 3.8) is 0 Å². The number of aliphatic carboxylic acids is 1. The van der Waals surface area contributed by atoms with E-state index in [1.54, 1.807) is 12.3 Å². The van der Waals surface area contributed by atoms with Crippen molar-refractivity contribution < 1.29 is 14.3 Å². The molecule has 2 rings (SSSR count). The number of furan rings is 1. The molecule has 0 fully saturated rings. The van der Waals surface area contributed by atoms with E-state index in [1.807, 2.05) is 44.3 Å². The molecule has 0 aliphatic rings. The van der Waals surface area contributed by atoms with E-state index < -0.39 is 5.97 Å². The van der Waals surface area contributed by atoms with Gasteiger partial charge in [-0.1, -0.05) is 24.3 Å². The molecule has 0 aliphatic carbocycles. The van der Waals surface area contributed by atoms with E-state index in [9.17, 15) is 4.79 Å². The van der Waals surface area contributed by atoms with Crippen LogP contribution in [0.1, 0.15) is 22.5 Å². The van der Waals surface area contributed by atoms with Crippen molar-refractivity contribution in [1.82, 2.24) is 4.90 Å². The van der Waals surface area contributed by atoms with E-state index in [1.165, 1.54) is 5.56 Å². The van der Waals surface area contributed by atoms with Crippen LogP contribution in [0.15, 0.2) is 47.1 Å². The van der Waals surface area contributed by atoms with Crippen molar-refractivity contribution in [2.45, 2.75) is 20.0 Å². The number of carbonyl (C=O) groups is 1. The fourth-order valence-electron chi connectivity index (χ4n) is 2.20. The fourth-order valence-corrected chi connectivity index (χ4v) is 2.20. The fraction of sp³-hybridized carbons (Fsp3) is 0.235. The van der Waals surface area contributed by atoms with E-state index in [0.29, 0.717) is 0 Å². The van der Waals surface area contributed by atoms with Gasteiger partial charge in [0.15, 0.2) is 0 Å². The molecule has 1 N–H and O–H groups in total. The van der Waals surface area contributed by atoms with Gasteiger partial charge in [0.1, 0.15) is 5.76 Å². The third-order valence-corrected chi connectivity index (χ3v) is 3.23. The van der Waals surface area contributed by atoms with E-state index in [-0.39, 0.29) is 0 Å². The molecular formula is C17H19NO3. The Morgan fingerprint density at radius 1 is 1.33 bits per heavy atom. The zero-order valence-corrected chi connectivity index (χ0v) is 12.2. The molecular weight excluding hydrogens is 266 g/mol. The van der Waals surface area contributed by atoms with Gasteiger partial charge in [-0.15, -0.1) is 0 Å². The molecule has 4 heteroatoms. The average molecular weight is 285 g/mol. The van der Waals surface area contributed by atoms with Crippen molar-refractivity contribution in [3.8, 4) is 0 Å². The highest BCUT2D eigenvalue weighted by Gasteiger charge is 2.06. The second-order valence-electron chi connectivity index (χ2n) is 5.09. The molecule has 0 aliphatic heterocycles. The summed E-state index contributed by atoms with van der Waals surface area (Å²) >= 11 is 0. The number of carboxylic acid groups (broad SMARTS) is 1. The maximum absolute atomic E-state index is 10.5. The van der Waals surface area contributed by atoms with Crippen LogP contribution in [0.2, 0.25) is 0 Å². The van der Waals surface area contributed by atoms with Crippen molar-refractivity contribution in [2.75, 3.05) is 7.05 Å². The summed E-state index contributed by atoms with van der Waals surface area (Å²) in [6, 6.07) is 9.85. The molecule has 2 aromatic rings. The predicted octanol–water partition coefficient (Wildman–Crippen LogP) is 3.32. The summed E-state index contributed by atoms with van der Waals surface area (Å²) in [6.45, 7) is 3.57. The van der Waals surface area contributed by atoms with Crippen LogP contribution < -0.4 is 0 Å². The molecule has 21 heavy (non-hydrogen) atoms. The van der Waals surface area contributed by atoms with Gasteiger partial charge in [0, 0.05) is 24.7 Å². The number of aryl methyl sites for hydroxylation is 1. The van der Waals surface area contributed by atoms with Crippen LogP contribution in [-0.2, 0) is 17.9 Å². The second kappa shape index (κ2) is 6.90. The molecule has 1 aromatic carbocycles. The molecule has 0 radical (unpaired) electrons. The Labute approximate surface area is 124 Å². The van der Waals surface area contributed by atoms with Gasteiger partial charge in [0.05, 0.1) is 6.26 Å². The summed E-state index contributed by atoms with van der Waals surface area (Å²) in [5.74, 6) is 0.00736. The van der Waals surface area contributed by atoms with Crippen LogP contribution >= 0.6 is 0 Å². The zero-order chi connectivity index (χ0) is 15.2. The number of hydrogen-bond donors (Lipinski definition) is 1. The summed E-state index contributed by atoms with van der Waals surface area (Å²) in [4.78, 5) is 12.7. The molecule has 0 atom stereocenters. The molecule has 0 unspecified atom stereocenters. The van der Waals surface area contributed by atoms with E-state index in [2.05, 4.69) is 4.90 Å². The third-order valence-electron chi connectivity index (χ3n) is 3.23. The number of rotatable bonds is 6. The smallest absolute Gasteiger partial charge is 0.328 e. The molecule has 110 valence electrons. The lowest BCUT2D eigenvalue weighted by Crippen LogP contribution is -2.17. The van der Waals surface area contributed by atoms with Crippen LogP contribution in [0.3, 0.4) is 0 Å².